The summed E-state index contributed by atoms with van der Waals surface area (Å²) in [7, 11) is 1.67. The summed E-state index contributed by atoms with van der Waals surface area (Å²) in [5.41, 5.74) is 2.35. The van der Waals surface area contributed by atoms with Crippen molar-refractivity contribution in [1.82, 2.24) is 10.2 Å². The van der Waals surface area contributed by atoms with E-state index < -0.39 is 0 Å². The van der Waals surface area contributed by atoms with E-state index in [1.165, 1.54) is 5.56 Å². The summed E-state index contributed by atoms with van der Waals surface area (Å²) >= 11 is 0. The SMILES string of the molecule is COCC[C@H](C)NC(=O)N1C[C@H](c2ccccc2C)OC[C@@H]1C. The first-order valence-corrected chi connectivity index (χ1v) is 8.26. The van der Waals surface area contributed by atoms with Crippen LogP contribution in [0.15, 0.2) is 24.3 Å². The van der Waals surface area contributed by atoms with Crippen LogP contribution in [-0.2, 0) is 9.47 Å². The molecule has 1 aliphatic heterocycles. The third-order valence-electron chi connectivity index (χ3n) is 4.35. The molecule has 0 aliphatic carbocycles. The van der Waals surface area contributed by atoms with E-state index in [4.69, 9.17) is 9.47 Å². The van der Waals surface area contributed by atoms with Crippen molar-refractivity contribution in [3.05, 3.63) is 35.4 Å². The van der Waals surface area contributed by atoms with Crippen molar-refractivity contribution >= 4 is 6.03 Å². The Morgan fingerprint density at radius 1 is 1.48 bits per heavy atom. The summed E-state index contributed by atoms with van der Waals surface area (Å²) in [5, 5.41) is 3.05. The van der Waals surface area contributed by atoms with Crippen LogP contribution in [0.1, 0.15) is 37.5 Å². The number of ether oxygens (including phenoxy) is 2. The number of hydrogen-bond donors (Lipinski definition) is 1. The average molecular weight is 320 g/mol. The summed E-state index contributed by atoms with van der Waals surface area (Å²) in [4.78, 5) is 14.4. The highest BCUT2D eigenvalue weighted by Crippen LogP contribution is 2.27. The number of amides is 2. The zero-order valence-corrected chi connectivity index (χ0v) is 14.5. The van der Waals surface area contributed by atoms with Gasteiger partial charge in [-0.1, -0.05) is 24.3 Å². The van der Waals surface area contributed by atoms with Crippen LogP contribution >= 0.6 is 0 Å². The Balaban J connectivity index is 2.00. The third-order valence-corrected chi connectivity index (χ3v) is 4.35. The predicted molar refractivity (Wildman–Crippen MR) is 90.5 cm³/mol. The van der Waals surface area contributed by atoms with E-state index >= 15 is 0 Å². The molecule has 0 aromatic heterocycles. The lowest BCUT2D eigenvalue weighted by Gasteiger charge is -2.39. The van der Waals surface area contributed by atoms with Crippen LogP contribution < -0.4 is 5.32 Å². The van der Waals surface area contributed by atoms with Gasteiger partial charge < -0.3 is 19.7 Å². The zero-order valence-electron chi connectivity index (χ0n) is 14.5. The van der Waals surface area contributed by atoms with E-state index in [1.807, 2.05) is 30.9 Å². The molecule has 1 aromatic carbocycles. The van der Waals surface area contributed by atoms with Crippen molar-refractivity contribution in [2.45, 2.75) is 45.4 Å². The minimum Gasteiger partial charge on any atom is -0.385 e. The van der Waals surface area contributed by atoms with Gasteiger partial charge in [0.2, 0.25) is 0 Å². The fourth-order valence-electron chi connectivity index (χ4n) is 2.84. The van der Waals surface area contributed by atoms with Crippen LogP contribution in [0.3, 0.4) is 0 Å². The molecule has 1 heterocycles. The second-order valence-electron chi connectivity index (χ2n) is 6.31. The van der Waals surface area contributed by atoms with Crippen molar-refractivity contribution in [3.8, 4) is 0 Å². The first-order valence-electron chi connectivity index (χ1n) is 8.26. The molecule has 0 saturated carbocycles. The Kier molecular flexibility index (Phi) is 6.42. The smallest absolute Gasteiger partial charge is 0.318 e. The van der Waals surface area contributed by atoms with E-state index in [0.717, 1.165) is 12.0 Å². The Morgan fingerprint density at radius 2 is 2.22 bits per heavy atom. The minimum absolute atomic E-state index is 0.0250. The number of nitrogens with zero attached hydrogens (tertiary/aromatic N) is 1. The molecule has 1 N–H and O–H groups in total. The summed E-state index contributed by atoms with van der Waals surface area (Å²) in [6.45, 7) is 7.88. The molecule has 1 fully saturated rings. The Hall–Kier alpha value is -1.59. The van der Waals surface area contributed by atoms with Crippen LogP contribution in [0.25, 0.3) is 0 Å². The normalized spacial score (nSPS) is 22.7. The van der Waals surface area contributed by atoms with Gasteiger partial charge in [-0.3, -0.25) is 0 Å². The number of hydrogen-bond acceptors (Lipinski definition) is 3. The lowest BCUT2D eigenvalue weighted by Crippen LogP contribution is -2.53. The van der Waals surface area contributed by atoms with Gasteiger partial charge in [0.15, 0.2) is 0 Å². The molecule has 5 heteroatoms. The second kappa shape index (κ2) is 8.31. The highest BCUT2D eigenvalue weighted by atomic mass is 16.5. The number of carbonyl (C=O) groups is 1. The molecule has 1 aliphatic rings. The topological polar surface area (TPSA) is 50.8 Å². The number of aryl methyl sites for hydroxylation is 1. The number of methoxy groups -OCH3 is 1. The lowest BCUT2D eigenvalue weighted by atomic mass is 10.0. The molecule has 2 rings (SSSR count). The van der Waals surface area contributed by atoms with Crippen molar-refractivity contribution in [2.75, 3.05) is 26.9 Å². The maximum atomic E-state index is 12.6. The predicted octanol–water partition coefficient (Wildman–Crippen LogP) is 2.89. The van der Waals surface area contributed by atoms with Gasteiger partial charge in [0.05, 0.1) is 19.2 Å². The van der Waals surface area contributed by atoms with Gasteiger partial charge in [-0.15, -0.1) is 0 Å². The number of rotatable bonds is 5. The molecular formula is C18H28N2O3. The van der Waals surface area contributed by atoms with Crippen LogP contribution in [-0.4, -0.2) is 49.9 Å². The first-order chi connectivity index (χ1) is 11.0. The minimum atomic E-state index is -0.0626. The molecule has 5 nitrogen and oxygen atoms in total. The molecule has 128 valence electrons. The lowest BCUT2D eigenvalue weighted by molar-refractivity contribution is -0.0433. The maximum Gasteiger partial charge on any atom is 0.318 e. The number of carbonyl (C=O) groups excluding carboxylic acids is 1. The summed E-state index contributed by atoms with van der Waals surface area (Å²) in [5.74, 6) is 0. The fraction of sp³-hybridized carbons (Fsp3) is 0.611. The van der Waals surface area contributed by atoms with Crippen molar-refractivity contribution < 1.29 is 14.3 Å². The number of benzene rings is 1. The standard InChI is InChI=1S/C18H28N2O3/c1-13-7-5-6-8-16(13)17-11-20(15(3)12-23-17)18(21)19-14(2)9-10-22-4/h5-8,14-15,17H,9-12H2,1-4H3,(H,19,21)/t14-,15-,17+/m0/s1. The van der Waals surface area contributed by atoms with Crippen LogP contribution in [0, 0.1) is 6.92 Å². The maximum absolute atomic E-state index is 12.6. The van der Waals surface area contributed by atoms with Gasteiger partial charge in [0, 0.05) is 19.8 Å². The van der Waals surface area contributed by atoms with Gasteiger partial charge in [0.1, 0.15) is 6.10 Å². The van der Waals surface area contributed by atoms with Crippen LogP contribution in [0.4, 0.5) is 4.79 Å². The molecule has 0 radical (unpaired) electrons. The molecule has 23 heavy (non-hydrogen) atoms. The van der Waals surface area contributed by atoms with E-state index in [0.29, 0.717) is 19.8 Å². The fourth-order valence-corrected chi connectivity index (χ4v) is 2.84. The van der Waals surface area contributed by atoms with Crippen molar-refractivity contribution in [3.63, 3.8) is 0 Å². The van der Waals surface area contributed by atoms with E-state index in [1.54, 1.807) is 7.11 Å². The van der Waals surface area contributed by atoms with Gasteiger partial charge in [-0.05, 0) is 38.3 Å². The number of morpholine rings is 1. The second-order valence-corrected chi connectivity index (χ2v) is 6.31. The van der Waals surface area contributed by atoms with E-state index in [9.17, 15) is 4.79 Å². The van der Waals surface area contributed by atoms with E-state index in [-0.39, 0.29) is 24.2 Å². The van der Waals surface area contributed by atoms with Gasteiger partial charge >= 0.3 is 6.03 Å². The molecule has 2 amide bonds. The molecule has 0 bridgehead atoms. The monoisotopic (exact) mass is 320 g/mol. The Bertz CT molecular complexity index is 521. The molecule has 1 aromatic rings. The quantitative estimate of drug-likeness (QED) is 0.907. The average Bonchev–Trinajstić information content (AvgIpc) is 2.54. The number of nitrogens with one attached hydrogen (secondary N) is 1. The zero-order chi connectivity index (χ0) is 16.8. The van der Waals surface area contributed by atoms with Gasteiger partial charge in [-0.2, -0.15) is 0 Å². The van der Waals surface area contributed by atoms with Crippen LogP contribution in [0.2, 0.25) is 0 Å². The van der Waals surface area contributed by atoms with Crippen molar-refractivity contribution in [1.29, 1.82) is 0 Å². The molecule has 3 atom stereocenters. The Morgan fingerprint density at radius 3 is 2.91 bits per heavy atom. The number of urea groups is 1. The molecular weight excluding hydrogens is 292 g/mol. The Labute approximate surface area is 139 Å². The first kappa shape index (κ1) is 17.8. The summed E-state index contributed by atoms with van der Waals surface area (Å²) in [6.07, 6.45) is 0.745. The highest BCUT2D eigenvalue weighted by Gasteiger charge is 2.31. The van der Waals surface area contributed by atoms with Crippen molar-refractivity contribution in [2.24, 2.45) is 0 Å². The van der Waals surface area contributed by atoms with Gasteiger partial charge in [-0.25, -0.2) is 4.79 Å². The van der Waals surface area contributed by atoms with Crippen LogP contribution in [0.5, 0.6) is 0 Å². The summed E-state index contributed by atoms with van der Waals surface area (Å²) < 4.78 is 11.0. The largest absolute Gasteiger partial charge is 0.385 e. The highest BCUT2D eigenvalue weighted by molar-refractivity contribution is 5.75. The molecule has 1 saturated heterocycles. The molecule has 0 spiro atoms. The third kappa shape index (κ3) is 4.69. The van der Waals surface area contributed by atoms with E-state index in [2.05, 4.69) is 24.4 Å². The molecule has 0 unspecified atom stereocenters. The van der Waals surface area contributed by atoms with Gasteiger partial charge in [0.25, 0.3) is 0 Å². The summed E-state index contributed by atoms with van der Waals surface area (Å²) in [6, 6.07) is 8.33.